The first-order valence-corrected chi connectivity index (χ1v) is 10.9. The van der Waals surface area contributed by atoms with Gasteiger partial charge >= 0.3 is 0 Å². The number of benzene rings is 1. The summed E-state index contributed by atoms with van der Waals surface area (Å²) in [7, 11) is -3.49. The third-order valence-corrected chi connectivity index (χ3v) is 7.32. The monoisotopic (exact) mass is 396 g/mol. The molecule has 7 nitrogen and oxygen atoms in total. The number of sulfonamides is 1. The van der Waals surface area contributed by atoms with Gasteiger partial charge in [0.25, 0.3) is 0 Å². The van der Waals surface area contributed by atoms with Gasteiger partial charge in [-0.1, -0.05) is 17.3 Å². The van der Waals surface area contributed by atoms with E-state index < -0.39 is 10.0 Å². The number of aryl methyl sites for hydroxylation is 2. The van der Waals surface area contributed by atoms with Gasteiger partial charge in [0.2, 0.25) is 21.7 Å². The maximum Gasteiger partial charge on any atom is 0.243 e. The van der Waals surface area contributed by atoms with Crippen LogP contribution in [0.4, 0.5) is 0 Å². The molecule has 28 heavy (non-hydrogen) atoms. The van der Waals surface area contributed by atoms with Gasteiger partial charge in [-0.15, -0.1) is 0 Å². The quantitative estimate of drug-likeness (QED) is 0.674. The van der Waals surface area contributed by atoms with E-state index in [1.165, 1.54) is 21.9 Å². The number of fused-ring (bicyclic) bond motifs is 1. The van der Waals surface area contributed by atoms with Crippen LogP contribution in [0.1, 0.15) is 35.8 Å². The second kappa shape index (κ2) is 6.79. The van der Waals surface area contributed by atoms with Crippen molar-refractivity contribution in [2.45, 2.75) is 36.5 Å². The van der Waals surface area contributed by atoms with Crippen molar-refractivity contribution in [3.05, 3.63) is 59.6 Å². The molecule has 8 heteroatoms. The number of pyridine rings is 1. The second-order valence-electron chi connectivity index (χ2n) is 7.33. The lowest BCUT2D eigenvalue weighted by Crippen LogP contribution is -2.48. The molecule has 3 heterocycles. The molecule has 144 valence electrons. The SMILES string of the molecule is O=S(=O)(c1ccc2c(c1)CCCC2)N1CC(c2nc(-c3ccccn3)no2)C1. The standard InChI is InChI=1S/C20H20N4O3S/c25-28(26,17-9-8-14-5-1-2-6-15(14)11-17)24-12-16(13-24)20-22-19(23-27-20)18-7-3-4-10-21-18/h3-4,7-11,16H,1-2,5-6,12-13H2. The van der Waals surface area contributed by atoms with Crippen LogP contribution in [0, 0.1) is 0 Å². The summed E-state index contributed by atoms with van der Waals surface area (Å²) in [6.45, 7) is 0.701. The second-order valence-corrected chi connectivity index (χ2v) is 9.27. The van der Waals surface area contributed by atoms with Crippen molar-refractivity contribution in [2.24, 2.45) is 0 Å². The summed E-state index contributed by atoms with van der Waals surface area (Å²) in [5.41, 5.74) is 3.08. The molecule has 1 aliphatic carbocycles. The molecule has 0 spiro atoms. The van der Waals surface area contributed by atoms with Crippen molar-refractivity contribution < 1.29 is 12.9 Å². The lowest BCUT2D eigenvalue weighted by molar-refractivity contribution is 0.217. The summed E-state index contributed by atoms with van der Waals surface area (Å²) in [4.78, 5) is 8.97. The van der Waals surface area contributed by atoms with E-state index in [1.54, 1.807) is 12.3 Å². The fraction of sp³-hybridized carbons (Fsp3) is 0.350. The maximum atomic E-state index is 13.0. The fourth-order valence-electron chi connectivity index (χ4n) is 3.81. The zero-order chi connectivity index (χ0) is 19.1. The highest BCUT2D eigenvalue weighted by Gasteiger charge is 2.40. The van der Waals surface area contributed by atoms with Crippen LogP contribution in [0.5, 0.6) is 0 Å². The van der Waals surface area contributed by atoms with Gasteiger partial charge in [-0.2, -0.15) is 9.29 Å². The topological polar surface area (TPSA) is 89.2 Å². The molecule has 0 radical (unpaired) electrons. The Hall–Kier alpha value is -2.58. The van der Waals surface area contributed by atoms with Gasteiger partial charge < -0.3 is 4.52 Å². The van der Waals surface area contributed by atoms with Crippen molar-refractivity contribution in [3.8, 4) is 11.5 Å². The van der Waals surface area contributed by atoms with Gasteiger partial charge in [0.15, 0.2) is 0 Å². The van der Waals surface area contributed by atoms with E-state index in [4.69, 9.17) is 4.52 Å². The van der Waals surface area contributed by atoms with Crippen LogP contribution in [0.3, 0.4) is 0 Å². The number of hydrogen-bond donors (Lipinski definition) is 0. The Morgan fingerprint density at radius 3 is 2.64 bits per heavy atom. The fourth-order valence-corrected chi connectivity index (χ4v) is 5.39. The van der Waals surface area contributed by atoms with E-state index in [1.807, 2.05) is 30.3 Å². The zero-order valence-corrected chi connectivity index (χ0v) is 16.1. The van der Waals surface area contributed by atoms with Crippen molar-refractivity contribution in [1.29, 1.82) is 0 Å². The molecular weight excluding hydrogens is 376 g/mol. The van der Waals surface area contributed by atoms with E-state index in [0.29, 0.717) is 35.4 Å². The van der Waals surface area contributed by atoms with E-state index in [0.717, 1.165) is 19.3 Å². The van der Waals surface area contributed by atoms with Crippen LogP contribution in [-0.4, -0.2) is 40.9 Å². The summed E-state index contributed by atoms with van der Waals surface area (Å²) in [5.74, 6) is 0.793. The van der Waals surface area contributed by atoms with E-state index in [-0.39, 0.29) is 5.92 Å². The molecule has 5 rings (SSSR count). The summed E-state index contributed by atoms with van der Waals surface area (Å²) >= 11 is 0. The first-order valence-electron chi connectivity index (χ1n) is 9.48. The first-order chi connectivity index (χ1) is 13.6. The van der Waals surface area contributed by atoms with Crippen LogP contribution in [0.15, 0.2) is 52.0 Å². The summed E-state index contributed by atoms with van der Waals surface area (Å²) in [6.07, 6.45) is 5.97. The molecule has 2 aromatic heterocycles. The van der Waals surface area contributed by atoms with Gasteiger partial charge in [-0.25, -0.2) is 8.42 Å². The van der Waals surface area contributed by atoms with Crippen LogP contribution in [0.2, 0.25) is 0 Å². The van der Waals surface area contributed by atoms with Crippen LogP contribution >= 0.6 is 0 Å². The Bertz CT molecular complexity index is 1110. The van der Waals surface area contributed by atoms with E-state index >= 15 is 0 Å². The number of nitrogens with zero attached hydrogens (tertiary/aromatic N) is 4. The molecular formula is C20H20N4O3S. The molecule has 3 aromatic rings. The third kappa shape index (κ3) is 3.02. The number of rotatable bonds is 4. The lowest BCUT2D eigenvalue weighted by atomic mass is 9.92. The molecule has 1 aliphatic heterocycles. The molecule has 0 saturated carbocycles. The molecule has 1 saturated heterocycles. The highest BCUT2D eigenvalue weighted by atomic mass is 32.2. The van der Waals surface area contributed by atoms with Crippen LogP contribution < -0.4 is 0 Å². The summed E-state index contributed by atoms with van der Waals surface area (Å²) in [5, 5.41) is 3.97. The summed E-state index contributed by atoms with van der Waals surface area (Å²) in [6, 6.07) is 11.0. The molecule has 0 unspecified atom stereocenters. The molecule has 0 bridgehead atoms. The van der Waals surface area contributed by atoms with Gasteiger partial charge in [-0.05, 0) is 61.1 Å². The Labute approximate surface area is 163 Å². The third-order valence-electron chi connectivity index (χ3n) is 5.49. The van der Waals surface area contributed by atoms with Gasteiger partial charge in [0.1, 0.15) is 5.69 Å². The predicted molar refractivity (Wildman–Crippen MR) is 102 cm³/mol. The highest BCUT2D eigenvalue weighted by molar-refractivity contribution is 7.89. The number of aromatic nitrogens is 3. The highest BCUT2D eigenvalue weighted by Crippen LogP contribution is 2.33. The smallest absolute Gasteiger partial charge is 0.243 e. The van der Waals surface area contributed by atoms with E-state index in [2.05, 4.69) is 15.1 Å². The minimum Gasteiger partial charge on any atom is -0.339 e. The van der Waals surface area contributed by atoms with Gasteiger partial charge in [-0.3, -0.25) is 4.98 Å². The number of hydrogen-bond acceptors (Lipinski definition) is 6. The average molecular weight is 396 g/mol. The molecule has 0 amide bonds. The molecule has 1 fully saturated rings. The van der Waals surface area contributed by atoms with Crippen molar-refractivity contribution in [2.75, 3.05) is 13.1 Å². The molecule has 0 N–H and O–H groups in total. The van der Waals surface area contributed by atoms with Crippen LogP contribution in [-0.2, 0) is 22.9 Å². The molecule has 2 aliphatic rings. The lowest BCUT2D eigenvalue weighted by Gasteiger charge is -2.36. The Morgan fingerprint density at radius 2 is 1.86 bits per heavy atom. The Kier molecular flexibility index (Phi) is 4.25. The van der Waals surface area contributed by atoms with Crippen molar-refractivity contribution in [3.63, 3.8) is 0 Å². The van der Waals surface area contributed by atoms with Gasteiger partial charge in [0, 0.05) is 19.3 Å². The normalized spacial score (nSPS) is 17.9. The van der Waals surface area contributed by atoms with Crippen LogP contribution in [0.25, 0.3) is 11.5 Å². The Balaban J connectivity index is 1.31. The summed E-state index contributed by atoms with van der Waals surface area (Å²) < 4.78 is 32.7. The largest absolute Gasteiger partial charge is 0.339 e. The zero-order valence-electron chi connectivity index (χ0n) is 15.3. The van der Waals surface area contributed by atoms with Crippen molar-refractivity contribution >= 4 is 10.0 Å². The van der Waals surface area contributed by atoms with E-state index in [9.17, 15) is 8.42 Å². The minimum absolute atomic E-state index is 0.0858. The predicted octanol–water partition coefficient (Wildman–Crippen LogP) is 2.80. The maximum absolute atomic E-state index is 13.0. The van der Waals surface area contributed by atoms with Gasteiger partial charge in [0.05, 0.1) is 10.8 Å². The minimum atomic E-state index is -3.49. The molecule has 0 atom stereocenters. The average Bonchev–Trinajstić information content (AvgIpc) is 3.16. The Morgan fingerprint density at radius 1 is 1.04 bits per heavy atom. The van der Waals surface area contributed by atoms with Crippen molar-refractivity contribution in [1.82, 2.24) is 19.4 Å². The first kappa shape index (κ1) is 17.5. The molecule has 1 aromatic carbocycles.